The summed E-state index contributed by atoms with van der Waals surface area (Å²) >= 11 is 5.78. The van der Waals surface area contributed by atoms with Crippen molar-refractivity contribution >= 4 is 29.2 Å². The molecule has 1 aromatic rings. The minimum atomic E-state index is -5.16. The van der Waals surface area contributed by atoms with Crippen LogP contribution in [-0.4, -0.2) is 30.3 Å². The van der Waals surface area contributed by atoms with Crippen LogP contribution in [0.5, 0.6) is 0 Å². The number of benzene rings is 1. The molecule has 1 rings (SSSR count). The molecule has 0 saturated heterocycles. The van der Waals surface area contributed by atoms with Gasteiger partial charge in [0.25, 0.3) is 0 Å². The van der Waals surface area contributed by atoms with E-state index in [1.807, 2.05) is 0 Å². The Kier molecular flexibility index (Phi) is 7.10. The van der Waals surface area contributed by atoms with Crippen LogP contribution in [0.15, 0.2) is 24.3 Å². The summed E-state index contributed by atoms with van der Waals surface area (Å²) in [5.74, 6) is -3.31. The largest absolute Gasteiger partial charge is 0.463 e. The molecule has 5 nitrogen and oxygen atoms in total. The van der Waals surface area contributed by atoms with Crippen LogP contribution >= 0.6 is 11.6 Å². The third kappa shape index (κ3) is 5.01. The van der Waals surface area contributed by atoms with Crippen LogP contribution in [0.3, 0.4) is 0 Å². The van der Waals surface area contributed by atoms with Crippen molar-refractivity contribution in [2.45, 2.75) is 39.0 Å². The molecule has 0 bridgehead atoms. The Morgan fingerprint density at radius 2 is 1.92 bits per heavy atom. The highest BCUT2D eigenvalue weighted by Gasteiger charge is 2.63. The summed E-state index contributed by atoms with van der Waals surface area (Å²) < 4.78 is 46.1. The van der Waals surface area contributed by atoms with Crippen molar-refractivity contribution in [2.75, 3.05) is 11.9 Å². The average Bonchev–Trinajstić information content (AvgIpc) is 2.52. The van der Waals surface area contributed by atoms with E-state index in [2.05, 4.69) is 10.1 Å². The fourth-order valence-corrected chi connectivity index (χ4v) is 2.10. The fourth-order valence-electron chi connectivity index (χ4n) is 1.91. The molecule has 140 valence electrons. The zero-order chi connectivity index (χ0) is 19.3. The molecule has 2 atom stereocenters. The Labute approximate surface area is 148 Å². The number of amides is 1. The van der Waals surface area contributed by atoms with Gasteiger partial charge in [-0.25, -0.2) is 4.79 Å². The first-order valence-corrected chi connectivity index (χ1v) is 8.04. The van der Waals surface area contributed by atoms with E-state index in [0.717, 1.165) is 0 Å². The second-order valence-electron chi connectivity index (χ2n) is 5.40. The normalized spacial score (nSPS) is 15.0. The van der Waals surface area contributed by atoms with Gasteiger partial charge in [-0.3, -0.25) is 4.79 Å². The Morgan fingerprint density at radius 3 is 2.40 bits per heavy atom. The lowest BCUT2D eigenvalue weighted by Crippen LogP contribution is -2.70. The van der Waals surface area contributed by atoms with Crippen LogP contribution in [0.2, 0.25) is 5.02 Å². The number of carbonyl (C=O) groups is 2. The van der Waals surface area contributed by atoms with Crippen molar-refractivity contribution in [3.8, 4) is 0 Å². The average molecular weight is 381 g/mol. The van der Waals surface area contributed by atoms with E-state index in [-0.39, 0.29) is 17.3 Å². The van der Waals surface area contributed by atoms with E-state index in [9.17, 15) is 22.8 Å². The maximum absolute atomic E-state index is 13.9. The van der Waals surface area contributed by atoms with Gasteiger partial charge in [0.15, 0.2) is 0 Å². The molecule has 0 saturated carbocycles. The highest BCUT2D eigenvalue weighted by Crippen LogP contribution is 2.34. The maximum Gasteiger partial charge on any atom is 0.441 e. The van der Waals surface area contributed by atoms with Crippen LogP contribution in [0.1, 0.15) is 27.2 Å². The van der Waals surface area contributed by atoms with Gasteiger partial charge in [-0.2, -0.15) is 13.2 Å². The molecule has 0 aliphatic heterocycles. The summed E-state index contributed by atoms with van der Waals surface area (Å²) in [6.45, 7) is 4.19. The summed E-state index contributed by atoms with van der Waals surface area (Å²) in [4.78, 5) is 24.3. The van der Waals surface area contributed by atoms with Gasteiger partial charge in [0.05, 0.1) is 6.61 Å². The minimum absolute atomic E-state index is 0.0951. The summed E-state index contributed by atoms with van der Waals surface area (Å²) in [5.41, 5.74) is -3.52. The Balaban J connectivity index is 3.39. The molecule has 0 radical (unpaired) electrons. The van der Waals surface area contributed by atoms with E-state index >= 15 is 0 Å². The SMILES string of the molecule is CCOC(=O)C(NC(=O)C(C)CC)(Nc1cccc(Cl)c1)C(F)(F)F. The molecule has 0 aromatic heterocycles. The number of alkyl halides is 3. The first kappa shape index (κ1) is 21.1. The van der Waals surface area contributed by atoms with Gasteiger partial charge in [0.1, 0.15) is 0 Å². The van der Waals surface area contributed by atoms with E-state index in [1.165, 1.54) is 38.1 Å². The number of carbonyl (C=O) groups excluding carboxylic acids is 2. The first-order chi connectivity index (χ1) is 11.6. The predicted molar refractivity (Wildman–Crippen MR) is 88.1 cm³/mol. The molecule has 2 unspecified atom stereocenters. The molecule has 0 heterocycles. The number of esters is 1. The molecule has 1 aromatic carbocycles. The first-order valence-electron chi connectivity index (χ1n) is 7.67. The number of anilines is 1. The second-order valence-corrected chi connectivity index (χ2v) is 5.84. The van der Waals surface area contributed by atoms with Crippen LogP contribution in [0.4, 0.5) is 18.9 Å². The molecule has 25 heavy (non-hydrogen) atoms. The summed E-state index contributed by atoms with van der Waals surface area (Å²) in [6, 6.07) is 5.37. The van der Waals surface area contributed by atoms with E-state index < -0.39 is 29.6 Å². The molecule has 0 aliphatic carbocycles. The number of ether oxygens (including phenoxy) is 1. The van der Waals surface area contributed by atoms with Gasteiger partial charge >= 0.3 is 17.8 Å². The van der Waals surface area contributed by atoms with Crippen molar-refractivity contribution in [1.29, 1.82) is 0 Å². The highest BCUT2D eigenvalue weighted by molar-refractivity contribution is 6.30. The van der Waals surface area contributed by atoms with Gasteiger partial charge in [0.2, 0.25) is 5.91 Å². The van der Waals surface area contributed by atoms with Gasteiger partial charge in [-0.15, -0.1) is 0 Å². The quantitative estimate of drug-likeness (QED) is 0.558. The van der Waals surface area contributed by atoms with Crippen LogP contribution < -0.4 is 10.6 Å². The smallest absolute Gasteiger partial charge is 0.441 e. The second kappa shape index (κ2) is 8.42. The van der Waals surface area contributed by atoms with E-state index in [1.54, 1.807) is 12.2 Å². The van der Waals surface area contributed by atoms with E-state index in [0.29, 0.717) is 6.42 Å². The Morgan fingerprint density at radius 1 is 1.28 bits per heavy atom. The maximum atomic E-state index is 13.9. The topological polar surface area (TPSA) is 67.4 Å². The van der Waals surface area contributed by atoms with Crippen LogP contribution in [0.25, 0.3) is 0 Å². The third-order valence-corrected chi connectivity index (χ3v) is 3.77. The minimum Gasteiger partial charge on any atom is -0.463 e. The molecule has 0 spiro atoms. The standard InChI is InChI=1S/C16H20ClF3N2O3/c1-4-10(3)13(23)22-15(16(18,19)20,14(24)25-5-2)21-12-8-6-7-11(17)9-12/h6-10,21H,4-5H2,1-3H3,(H,22,23). The zero-order valence-corrected chi connectivity index (χ0v) is 14.8. The van der Waals surface area contributed by atoms with Crippen molar-refractivity contribution in [1.82, 2.24) is 5.32 Å². The van der Waals surface area contributed by atoms with Gasteiger partial charge in [-0.05, 0) is 31.5 Å². The number of halogens is 4. The summed E-state index contributed by atoms with van der Waals surface area (Å²) in [7, 11) is 0. The van der Waals surface area contributed by atoms with Crippen LogP contribution in [0, 0.1) is 5.92 Å². The molecule has 1 amide bonds. The highest BCUT2D eigenvalue weighted by atomic mass is 35.5. The lowest BCUT2D eigenvalue weighted by Gasteiger charge is -2.36. The van der Waals surface area contributed by atoms with Crippen molar-refractivity contribution in [3.05, 3.63) is 29.3 Å². The number of hydrogen-bond donors (Lipinski definition) is 2. The number of nitrogens with one attached hydrogen (secondary N) is 2. The zero-order valence-electron chi connectivity index (χ0n) is 14.0. The third-order valence-electron chi connectivity index (χ3n) is 3.53. The monoisotopic (exact) mass is 380 g/mol. The fraction of sp³-hybridized carbons (Fsp3) is 0.500. The van der Waals surface area contributed by atoms with Crippen LogP contribution in [-0.2, 0) is 14.3 Å². The summed E-state index contributed by atoms with van der Waals surface area (Å²) in [5, 5.41) is 4.00. The van der Waals surface area contributed by atoms with Gasteiger partial charge in [0, 0.05) is 16.6 Å². The number of rotatable bonds is 7. The summed E-state index contributed by atoms with van der Waals surface area (Å²) in [6.07, 6.45) is -4.86. The molecule has 9 heteroatoms. The van der Waals surface area contributed by atoms with Crippen molar-refractivity contribution in [3.63, 3.8) is 0 Å². The van der Waals surface area contributed by atoms with Gasteiger partial charge < -0.3 is 15.4 Å². The lowest BCUT2D eigenvalue weighted by atomic mass is 10.0. The van der Waals surface area contributed by atoms with E-state index in [4.69, 9.17) is 11.6 Å². The predicted octanol–water partition coefficient (Wildman–Crippen LogP) is 3.74. The lowest BCUT2D eigenvalue weighted by molar-refractivity contribution is -0.208. The Hall–Kier alpha value is -1.96. The van der Waals surface area contributed by atoms with Crippen molar-refractivity contribution in [2.24, 2.45) is 5.92 Å². The number of hydrogen-bond acceptors (Lipinski definition) is 4. The van der Waals surface area contributed by atoms with Crippen molar-refractivity contribution < 1.29 is 27.5 Å². The molecule has 2 N–H and O–H groups in total. The molecular weight excluding hydrogens is 361 g/mol. The van der Waals surface area contributed by atoms with Gasteiger partial charge in [-0.1, -0.05) is 31.5 Å². The Bertz CT molecular complexity index is 625. The molecule has 0 fully saturated rings. The molecular formula is C16H20ClF3N2O3. The molecule has 0 aliphatic rings.